The van der Waals surface area contributed by atoms with Crippen LogP contribution in [0.25, 0.3) is 0 Å². The van der Waals surface area contributed by atoms with E-state index in [1.165, 1.54) is 5.56 Å². The van der Waals surface area contributed by atoms with Crippen LogP contribution < -0.4 is 10.6 Å². The van der Waals surface area contributed by atoms with E-state index in [0.717, 1.165) is 38.9 Å². The maximum Gasteiger partial charge on any atom is 0.319 e. The molecule has 2 aromatic rings. The number of amides is 3. The van der Waals surface area contributed by atoms with E-state index in [0.29, 0.717) is 17.3 Å². The van der Waals surface area contributed by atoms with Gasteiger partial charge in [0.15, 0.2) is 0 Å². The molecule has 166 valence electrons. The minimum absolute atomic E-state index is 0.0589. The fourth-order valence-electron chi connectivity index (χ4n) is 3.95. The van der Waals surface area contributed by atoms with Crippen LogP contribution in [0.2, 0.25) is 0 Å². The van der Waals surface area contributed by atoms with Gasteiger partial charge in [0.2, 0.25) is 0 Å². The third-order valence-electron chi connectivity index (χ3n) is 5.78. The van der Waals surface area contributed by atoms with E-state index in [2.05, 4.69) is 46.8 Å². The molecule has 1 heterocycles. The first-order valence-electron chi connectivity index (χ1n) is 11.1. The predicted molar refractivity (Wildman–Crippen MR) is 125 cm³/mol. The molecule has 3 rings (SSSR count). The van der Waals surface area contributed by atoms with Crippen molar-refractivity contribution in [1.29, 1.82) is 0 Å². The molecule has 6 heteroatoms. The summed E-state index contributed by atoms with van der Waals surface area (Å²) in [4.78, 5) is 29.0. The highest BCUT2D eigenvalue weighted by Gasteiger charge is 2.25. The minimum atomic E-state index is -0.243. The van der Waals surface area contributed by atoms with E-state index in [1.54, 1.807) is 24.3 Å². The number of hydrogen-bond donors (Lipinski definition) is 2. The number of benzene rings is 2. The lowest BCUT2D eigenvalue weighted by Crippen LogP contribution is -2.46. The molecule has 31 heavy (non-hydrogen) atoms. The largest absolute Gasteiger partial charge is 0.339 e. The summed E-state index contributed by atoms with van der Waals surface area (Å²) in [6, 6.07) is 18.0. The van der Waals surface area contributed by atoms with Gasteiger partial charge < -0.3 is 20.4 Å². The first-order chi connectivity index (χ1) is 14.9. The number of nitrogens with one attached hydrogen (secondary N) is 2. The molecule has 1 aliphatic rings. The van der Waals surface area contributed by atoms with Gasteiger partial charge in [-0.2, -0.15) is 0 Å². The van der Waals surface area contributed by atoms with E-state index in [1.807, 2.05) is 24.8 Å². The number of hydrogen-bond acceptors (Lipinski definition) is 3. The minimum Gasteiger partial charge on any atom is -0.339 e. The number of urea groups is 1. The summed E-state index contributed by atoms with van der Waals surface area (Å²) in [6.45, 7) is 6.39. The number of carbonyl (C=O) groups excluding carboxylic acids is 2. The molecular formula is C25H34N4O2. The molecule has 6 nitrogen and oxygen atoms in total. The Balaban J connectivity index is 1.45. The maximum atomic E-state index is 12.9. The monoisotopic (exact) mass is 422 g/mol. The second-order valence-electron chi connectivity index (χ2n) is 8.57. The second kappa shape index (κ2) is 11.0. The number of likely N-dealkylation sites (N-methyl/N-ethyl adjacent to an activating group) is 1. The van der Waals surface area contributed by atoms with Crippen LogP contribution in [-0.4, -0.2) is 60.5 Å². The Morgan fingerprint density at radius 3 is 2.29 bits per heavy atom. The van der Waals surface area contributed by atoms with Gasteiger partial charge in [-0.15, -0.1) is 0 Å². The van der Waals surface area contributed by atoms with Crippen LogP contribution in [-0.2, 0) is 6.42 Å². The summed E-state index contributed by atoms with van der Waals surface area (Å²) < 4.78 is 0. The molecule has 2 aromatic carbocycles. The van der Waals surface area contributed by atoms with Crippen LogP contribution in [0.1, 0.15) is 42.6 Å². The zero-order valence-electron chi connectivity index (χ0n) is 18.8. The summed E-state index contributed by atoms with van der Waals surface area (Å²) >= 11 is 0. The molecule has 0 aliphatic carbocycles. The number of likely N-dealkylation sites (tertiary alicyclic amines) is 1. The fraction of sp³-hybridized carbons (Fsp3) is 0.440. The van der Waals surface area contributed by atoms with Crippen LogP contribution >= 0.6 is 0 Å². The molecule has 0 spiro atoms. The Hall–Kier alpha value is -2.86. The van der Waals surface area contributed by atoms with E-state index in [-0.39, 0.29) is 18.0 Å². The molecule has 3 amide bonds. The number of rotatable bonds is 7. The zero-order chi connectivity index (χ0) is 22.2. The van der Waals surface area contributed by atoms with Crippen LogP contribution in [0.4, 0.5) is 10.5 Å². The molecule has 1 saturated heterocycles. The van der Waals surface area contributed by atoms with E-state index >= 15 is 0 Å². The van der Waals surface area contributed by atoms with Gasteiger partial charge in [0.25, 0.3) is 5.91 Å². The van der Waals surface area contributed by atoms with Crippen molar-refractivity contribution in [2.75, 3.05) is 32.0 Å². The van der Waals surface area contributed by atoms with Gasteiger partial charge in [-0.25, -0.2) is 4.79 Å². The van der Waals surface area contributed by atoms with Crippen molar-refractivity contribution < 1.29 is 9.59 Å². The van der Waals surface area contributed by atoms with Crippen molar-refractivity contribution in [1.82, 2.24) is 15.1 Å². The normalized spacial score (nSPS) is 14.7. The van der Waals surface area contributed by atoms with Gasteiger partial charge in [0.05, 0.1) is 0 Å². The molecule has 0 atom stereocenters. The number of piperidine rings is 1. The van der Waals surface area contributed by atoms with Crippen LogP contribution in [0.3, 0.4) is 0 Å². The Morgan fingerprint density at radius 1 is 1.03 bits per heavy atom. The summed E-state index contributed by atoms with van der Waals surface area (Å²) in [5.41, 5.74) is 2.70. The SMILES string of the molecule is CC(C)NC(=O)Nc1ccc(C(=O)N2CCC(N(C)CCc3ccccc3)CC2)cc1. The van der Waals surface area contributed by atoms with Gasteiger partial charge in [-0.1, -0.05) is 30.3 Å². The summed E-state index contributed by atoms with van der Waals surface area (Å²) in [5.74, 6) is 0.0589. The highest BCUT2D eigenvalue weighted by Crippen LogP contribution is 2.19. The van der Waals surface area contributed by atoms with E-state index < -0.39 is 0 Å². The van der Waals surface area contributed by atoms with Crippen molar-refractivity contribution in [2.45, 2.75) is 45.2 Å². The van der Waals surface area contributed by atoms with Crippen molar-refractivity contribution in [2.24, 2.45) is 0 Å². The van der Waals surface area contributed by atoms with Crippen LogP contribution in [0, 0.1) is 0 Å². The molecule has 0 unspecified atom stereocenters. The molecule has 0 saturated carbocycles. The van der Waals surface area contributed by atoms with Gasteiger partial charge in [0, 0.05) is 43.0 Å². The van der Waals surface area contributed by atoms with Gasteiger partial charge in [-0.05, 0) is 70.0 Å². The lowest BCUT2D eigenvalue weighted by Gasteiger charge is -2.37. The second-order valence-corrected chi connectivity index (χ2v) is 8.57. The zero-order valence-corrected chi connectivity index (χ0v) is 18.8. The average Bonchev–Trinajstić information content (AvgIpc) is 2.78. The molecule has 2 N–H and O–H groups in total. The Kier molecular flexibility index (Phi) is 8.06. The van der Waals surface area contributed by atoms with Crippen LogP contribution in [0.15, 0.2) is 54.6 Å². The highest BCUT2D eigenvalue weighted by molar-refractivity contribution is 5.95. The van der Waals surface area contributed by atoms with E-state index in [4.69, 9.17) is 0 Å². The van der Waals surface area contributed by atoms with Gasteiger partial charge in [0.1, 0.15) is 0 Å². The molecule has 0 radical (unpaired) electrons. The number of carbonyl (C=O) groups is 2. The smallest absolute Gasteiger partial charge is 0.319 e. The molecule has 0 bridgehead atoms. The average molecular weight is 423 g/mol. The van der Waals surface area contributed by atoms with Crippen LogP contribution in [0.5, 0.6) is 0 Å². The summed E-state index contributed by atoms with van der Waals surface area (Å²) in [7, 11) is 2.19. The molecule has 1 fully saturated rings. The molecule has 0 aromatic heterocycles. The first-order valence-corrected chi connectivity index (χ1v) is 11.1. The lowest BCUT2D eigenvalue weighted by atomic mass is 10.0. The Labute approximate surface area is 185 Å². The summed E-state index contributed by atoms with van der Waals surface area (Å²) in [6.07, 6.45) is 3.03. The van der Waals surface area contributed by atoms with Gasteiger partial charge in [-0.3, -0.25) is 4.79 Å². The fourth-order valence-corrected chi connectivity index (χ4v) is 3.95. The molecular weight excluding hydrogens is 388 g/mol. The predicted octanol–water partition coefficient (Wildman–Crippen LogP) is 4.00. The highest BCUT2D eigenvalue weighted by atomic mass is 16.2. The maximum absolute atomic E-state index is 12.9. The first kappa shape index (κ1) is 22.8. The Morgan fingerprint density at radius 2 is 1.68 bits per heavy atom. The van der Waals surface area contributed by atoms with Crippen molar-refractivity contribution >= 4 is 17.6 Å². The Bertz CT molecular complexity index is 844. The summed E-state index contributed by atoms with van der Waals surface area (Å²) in [5, 5.41) is 5.56. The number of anilines is 1. The standard InChI is InChI=1S/C25H34N4O2/c1-19(2)26-25(31)27-22-11-9-21(10-12-22)24(30)29-17-14-23(15-18-29)28(3)16-13-20-7-5-4-6-8-20/h4-12,19,23H,13-18H2,1-3H3,(H2,26,27,31). The van der Waals surface area contributed by atoms with Gasteiger partial charge >= 0.3 is 6.03 Å². The van der Waals surface area contributed by atoms with Crippen molar-refractivity contribution in [3.05, 3.63) is 65.7 Å². The third kappa shape index (κ3) is 6.82. The molecule has 1 aliphatic heterocycles. The number of nitrogens with zero attached hydrogens (tertiary/aromatic N) is 2. The lowest BCUT2D eigenvalue weighted by molar-refractivity contribution is 0.0647. The topological polar surface area (TPSA) is 64.7 Å². The quantitative estimate of drug-likeness (QED) is 0.709. The van der Waals surface area contributed by atoms with Crippen molar-refractivity contribution in [3.63, 3.8) is 0 Å². The van der Waals surface area contributed by atoms with Crippen molar-refractivity contribution in [3.8, 4) is 0 Å². The van der Waals surface area contributed by atoms with E-state index in [9.17, 15) is 9.59 Å². The third-order valence-corrected chi connectivity index (χ3v) is 5.78.